The summed E-state index contributed by atoms with van der Waals surface area (Å²) in [7, 11) is 0. The van der Waals surface area contributed by atoms with Crippen LogP contribution in [0.4, 0.5) is 5.69 Å². The maximum absolute atomic E-state index is 11.7. The number of hydrogen-bond acceptors (Lipinski definition) is 4. The maximum atomic E-state index is 11.7. The third-order valence-corrected chi connectivity index (χ3v) is 2.63. The first-order valence-electron chi connectivity index (χ1n) is 5.45. The Hall–Kier alpha value is -2.24. The third-order valence-electron chi connectivity index (χ3n) is 2.63. The highest BCUT2D eigenvalue weighted by molar-refractivity contribution is 5.95. The molecule has 0 spiro atoms. The predicted octanol–water partition coefficient (Wildman–Crippen LogP) is 1.01. The molecule has 2 heterocycles. The lowest BCUT2D eigenvalue weighted by Crippen LogP contribution is -2.15. The van der Waals surface area contributed by atoms with Crippen molar-refractivity contribution in [2.75, 3.05) is 5.32 Å². The minimum Gasteiger partial charge on any atom is -0.323 e. The average molecular weight is 229 g/mol. The molecule has 0 unspecified atom stereocenters. The molecule has 1 amide bonds. The van der Waals surface area contributed by atoms with Crippen LogP contribution in [0.15, 0.2) is 31.0 Å². The molecule has 0 bridgehead atoms. The highest BCUT2D eigenvalue weighted by Crippen LogP contribution is 2.30. The molecule has 2 aromatic heterocycles. The second-order valence-corrected chi connectivity index (χ2v) is 3.98. The summed E-state index contributed by atoms with van der Waals surface area (Å²) in [5.74, 6) is 0.803. The largest absolute Gasteiger partial charge is 0.323 e. The van der Waals surface area contributed by atoms with Gasteiger partial charge in [0.15, 0.2) is 5.82 Å². The van der Waals surface area contributed by atoms with Gasteiger partial charge in [-0.2, -0.15) is 5.10 Å². The summed E-state index contributed by atoms with van der Waals surface area (Å²) in [5, 5.41) is 6.88. The molecule has 1 saturated carbocycles. The third kappa shape index (κ3) is 2.01. The molecule has 2 aromatic rings. The van der Waals surface area contributed by atoms with E-state index in [1.165, 1.54) is 11.0 Å². The molecule has 0 saturated heterocycles. The number of hydrogen-bond donors (Lipinski definition) is 1. The van der Waals surface area contributed by atoms with Crippen LogP contribution in [0, 0.1) is 5.92 Å². The molecular formula is C11H11N5O. The Labute approximate surface area is 97.7 Å². The molecule has 86 valence electrons. The van der Waals surface area contributed by atoms with Crippen molar-refractivity contribution in [3.05, 3.63) is 31.0 Å². The first-order valence-corrected chi connectivity index (χ1v) is 5.45. The molecule has 0 atom stereocenters. The van der Waals surface area contributed by atoms with E-state index in [1.54, 1.807) is 18.6 Å². The van der Waals surface area contributed by atoms with Crippen LogP contribution in [-0.2, 0) is 4.79 Å². The Morgan fingerprint density at radius 2 is 2.35 bits per heavy atom. The van der Waals surface area contributed by atoms with E-state index in [-0.39, 0.29) is 11.8 Å². The number of anilines is 1. The van der Waals surface area contributed by atoms with Crippen LogP contribution in [0.25, 0.3) is 5.82 Å². The lowest BCUT2D eigenvalue weighted by molar-refractivity contribution is -0.117. The van der Waals surface area contributed by atoms with Crippen molar-refractivity contribution in [3.8, 4) is 5.82 Å². The molecule has 1 N–H and O–H groups in total. The molecule has 6 heteroatoms. The zero-order valence-corrected chi connectivity index (χ0v) is 9.08. The number of pyridine rings is 1. The van der Waals surface area contributed by atoms with Gasteiger partial charge >= 0.3 is 0 Å². The number of aromatic nitrogens is 4. The van der Waals surface area contributed by atoms with E-state index in [1.807, 2.05) is 6.07 Å². The summed E-state index contributed by atoms with van der Waals surface area (Å²) in [6.07, 6.45) is 6.59. The second-order valence-electron chi connectivity index (χ2n) is 3.98. The molecule has 0 radical (unpaired) electrons. The van der Waals surface area contributed by atoms with Gasteiger partial charge in [-0.3, -0.25) is 4.79 Å². The lowest BCUT2D eigenvalue weighted by atomic mass is 10.3. The topological polar surface area (TPSA) is 72.7 Å². The van der Waals surface area contributed by atoms with Crippen LogP contribution >= 0.6 is 0 Å². The fourth-order valence-corrected chi connectivity index (χ4v) is 1.58. The van der Waals surface area contributed by atoms with Gasteiger partial charge in [0, 0.05) is 12.1 Å². The van der Waals surface area contributed by atoms with Gasteiger partial charge in [-0.1, -0.05) is 0 Å². The maximum Gasteiger partial charge on any atom is 0.227 e. The molecule has 3 rings (SSSR count). The van der Waals surface area contributed by atoms with Crippen molar-refractivity contribution in [1.29, 1.82) is 0 Å². The molecule has 17 heavy (non-hydrogen) atoms. The van der Waals surface area contributed by atoms with E-state index in [4.69, 9.17) is 0 Å². The SMILES string of the molecule is O=C(Nc1cccnc1-n1cncn1)C1CC1. The Morgan fingerprint density at radius 3 is 3.06 bits per heavy atom. The van der Waals surface area contributed by atoms with Crippen molar-refractivity contribution < 1.29 is 4.79 Å². The van der Waals surface area contributed by atoms with E-state index >= 15 is 0 Å². The van der Waals surface area contributed by atoms with Crippen LogP contribution < -0.4 is 5.32 Å². The van der Waals surface area contributed by atoms with Gasteiger partial charge in [-0.05, 0) is 25.0 Å². The van der Waals surface area contributed by atoms with Gasteiger partial charge in [-0.15, -0.1) is 0 Å². The van der Waals surface area contributed by atoms with Gasteiger partial charge in [0.25, 0.3) is 0 Å². The first kappa shape index (κ1) is 9.95. The van der Waals surface area contributed by atoms with Crippen LogP contribution in [0.1, 0.15) is 12.8 Å². The average Bonchev–Trinajstić information content (AvgIpc) is 3.06. The van der Waals surface area contributed by atoms with Crippen LogP contribution in [0.2, 0.25) is 0 Å². The van der Waals surface area contributed by atoms with Crippen molar-refractivity contribution in [1.82, 2.24) is 19.7 Å². The fourth-order valence-electron chi connectivity index (χ4n) is 1.58. The standard InChI is InChI=1S/C11H11N5O/c17-11(8-3-4-8)15-9-2-1-5-13-10(9)16-7-12-6-14-16/h1-2,5-8H,3-4H2,(H,15,17). The number of nitrogens with one attached hydrogen (secondary N) is 1. The summed E-state index contributed by atoms with van der Waals surface area (Å²) in [4.78, 5) is 19.8. The zero-order chi connectivity index (χ0) is 11.7. The molecule has 1 fully saturated rings. The summed E-state index contributed by atoms with van der Waals surface area (Å²) in [6.45, 7) is 0. The molecule has 6 nitrogen and oxygen atoms in total. The van der Waals surface area contributed by atoms with E-state index in [0.717, 1.165) is 12.8 Å². The molecular weight excluding hydrogens is 218 g/mol. The van der Waals surface area contributed by atoms with E-state index in [9.17, 15) is 4.79 Å². The number of carbonyl (C=O) groups is 1. The summed E-state index contributed by atoms with van der Waals surface area (Å²) >= 11 is 0. The number of carbonyl (C=O) groups excluding carboxylic acids is 1. The van der Waals surface area contributed by atoms with Crippen LogP contribution in [0.3, 0.4) is 0 Å². The highest BCUT2D eigenvalue weighted by atomic mass is 16.2. The molecule has 0 aromatic carbocycles. The summed E-state index contributed by atoms with van der Waals surface area (Å²) < 4.78 is 1.53. The number of nitrogens with zero attached hydrogens (tertiary/aromatic N) is 4. The zero-order valence-electron chi connectivity index (χ0n) is 9.08. The Bertz CT molecular complexity index is 533. The Balaban J connectivity index is 1.90. The summed E-state index contributed by atoms with van der Waals surface area (Å²) in [5.41, 5.74) is 0.662. The van der Waals surface area contributed by atoms with Crippen molar-refractivity contribution in [3.63, 3.8) is 0 Å². The van der Waals surface area contributed by atoms with Crippen molar-refractivity contribution in [2.45, 2.75) is 12.8 Å². The smallest absolute Gasteiger partial charge is 0.227 e. The highest BCUT2D eigenvalue weighted by Gasteiger charge is 2.30. The Kier molecular flexibility index (Phi) is 2.32. The lowest BCUT2D eigenvalue weighted by Gasteiger charge is -2.08. The molecule has 0 aliphatic heterocycles. The van der Waals surface area contributed by atoms with Crippen molar-refractivity contribution >= 4 is 11.6 Å². The normalized spacial score (nSPS) is 14.6. The monoisotopic (exact) mass is 229 g/mol. The Morgan fingerprint density at radius 1 is 1.47 bits per heavy atom. The second kappa shape index (κ2) is 3.97. The van der Waals surface area contributed by atoms with Crippen LogP contribution in [0.5, 0.6) is 0 Å². The van der Waals surface area contributed by atoms with Crippen molar-refractivity contribution in [2.24, 2.45) is 5.92 Å². The van der Waals surface area contributed by atoms with E-state index < -0.39 is 0 Å². The van der Waals surface area contributed by atoms with Crippen LogP contribution in [-0.4, -0.2) is 25.7 Å². The molecule has 1 aliphatic carbocycles. The van der Waals surface area contributed by atoms with E-state index in [0.29, 0.717) is 11.5 Å². The van der Waals surface area contributed by atoms with Gasteiger partial charge in [0.05, 0.1) is 5.69 Å². The van der Waals surface area contributed by atoms with Gasteiger partial charge in [0.1, 0.15) is 12.7 Å². The van der Waals surface area contributed by atoms with Gasteiger partial charge < -0.3 is 5.32 Å². The van der Waals surface area contributed by atoms with Gasteiger partial charge in [-0.25, -0.2) is 14.6 Å². The molecule has 1 aliphatic rings. The van der Waals surface area contributed by atoms with Gasteiger partial charge in [0.2, 0.25) is 5.91 Å². The summed E-state index contributed by atoms with van der Waals surface area (Å²) in [6, 6.07) is 3.59. The van der Waals surface area contributed by atoms with E-state index in [2.05, 4.69) is 20.4 Å². The first-order chi connectivity index (χ1) is 8.34. The minimum atomic E-state index is 0.0550. The number of rotatable bonds is 3. The number of amides is 1. The predicted molar refractivity (Wildman–Crippen MR) is 60.5 cm³/mol. The minimum absolute atomic E-state index is 0.0550. The quantitative estimate of drug-likeness (QED) is 0.852. The fraction of sp³-hybridized carbons (Fsp3) is 0.273.